The molecule has 0 aliphatic heterocycles. The Kier molecular flexibility index (Phi) is 5.03. The molecule has 0 saturated carbocycles. The van der Waals surface area contributed by atoms with Crippen molar-refractivity contribution >= 4 is 17.3 Å². The molecule has 7 heteroatoms. The quantitative estimate of drug-likeness (QED) is 0.669. The summed E-state index contributed by atoms with van der Waals surface area (Å²) >= 11 is 0. The second-order valence-corrected chi connectivity index (χ2v) is 5.27. The summed E-state index contributed by atoms with van der Waals surface area (Å²) in [5, 5.41) is 13.7. The number of rotatable bonds is 5. The molecule has 0 bridgehead atoms. The molecule has 2 aromatic rings. The number of hydrogen-bond acceptors (Lipinski definition) is 5. The molecule has 2 aromatic carbocycles. The van der Waals surface area contributed by atoms with E-state index < -0.39 is 4.92 Å². The average molecular weight is 330 g/mol. The van der Waals surface area contributed by atoms with Gasteiger partial charge >= 0.3 is 0 Å². The fraction of sp³-hybridized carbons (Fsp3) is 0.235. The van der Waals surface area contributed by atoms with Crippen molar-refractivity contribution in [3.05, 3.63) is 57.1 Å². The third kappa shape index (κ3) is 3.62. The molecule has 7 nitrogen and oxygen atoms in total. The SMILES string of the molecule is COc1cc(OC)cc(C(=O)Nc2c(C)cc([N+](=O)[O-])cc2C)c1. The molecule has 0 saturated heterocycles. The number of nitrogens with one attached hydrogen (secondary N) is 1. The maximum atomic E-state index is 12.5. The molecule has 0 aromatic heterocycles. The first kappa shape index (κ1) is 17.3. The Morgan fingerprint density at radius 1 is 1.00 bits per heavy atom. The summed E-state index contributed by atoms with van der Waals surface area (Å²) in [6.07, 6.45) is 0. The van der Waals surface area contributed by atoms with E-state index in [0.29, 0.717) is 33.9 Å². The molecular formula is C17H18N2O5. The third-order valence-corrected chi connectivity index (χ3v) is 3.58. The van der Waals surface area contributed by atoms with E-state index in [1.54, 1.807) is 32.0 Å². The second-order valence-electron chi connectivity index (χ2n) is 5.27. The Labute approximate surface area is 139 Å². The van der Waals surface area contributed by atoms with E-state index >= 15 is 0 Å². The smallest absolute Gasteiger partial charge is 0.270 e. The highest BCUT2D eigenvalue weighted by molar-refractivity contribution is 6.05. The highest BCUT2D eigenvalue weighted by atomic mass is 16.6. The number of carbonyl (C=O) groups is 1. The van der Waals surface area contributed by atoms with Crippen LogP contribution in [0.3, 0.4) is 0 Å². The summed E-state index contributed by atoms with van der Waals surface area (Å²) in [5.41, 5.74) is 2.14. The molecule has 0 spiro atoms. The summed E-state index contributed by atoms with van der Waals surface area (Å²) in [4.78, 5) is 22.9. The lowest BCUT2D eigenvalue weighted by molar-refractivity contribution is -0.384. The Balaban J connectivity index is 2.35. The van der Waals surface area contributed by atoms with Crippen LogP contribution in [0.25, 0.3) is 0 Å². The Morgan fingerprint density at radius 3 is 1.92 bits per heavy atom. The van der Waals surface area contributed by atoms with Crippen LogP contribution in [-0.2, 0) is 0 Å². The van der Waals surface area contributed by atoms with Gasteiger partial charge in [0.2, 0.25) is 0 Å². The number of non-ortho nitro benzene ring substituents is 1. The molecule has 1 N–H and O–H groups in total. The molecule has 126 valence electrons. The topological polar surface area (TPSA) is 90.7 Å². The summed E-state index contributed by atoms with van der Waals surface area (Å²) < 4.78 is 10.3. The van der Waals surface area contributed by atoms with E-state index in [9.17, 15) is 14.9 Å². The zero-order chi connectivity index (χ0) is 17.9. The number of benzene rings is 2. The zero-order valence-corrected chi connectivity index (χ0v) is 13.9. The number of carbonyl (C=O) groups excluding carboxylic acids is 1. The molecule has 2 rings (SSSR count). The molecular weight excluding hydrogens is 312 g/mol. The summed E-state index contributed by atoms with van der Waals surface area (Å²) in [6.45, 7) is 3.42. The summed E-state index contributed by atoms with van der Waals surface area (Å²) in [6, 6.07) is 7.70. The monoisotopic (exact) mass is 330 g/mol. The maximum Gasteiger partial charge on any atom is 0.270 e. The van der Waals surface area contributed by atoms with Gasteiger partial charge in [0, 0.05) is 29.4 Å². The van der Waals surface area contributed by atoms with Gasteiger partial charge in [0.15, 0.2) is 0 Å². The lowest BCUT2D eigenvalue weighted by Crippen LogP contribution is -2.14. The average Bonchev–Trinajstić information content (AvgIpc) is 2.56. The molecule has 24 heavy (non-hydrogen) atoms. The number of amides is 1. The standard InChI is InChI=1S/C17H18N2O5/c1-10-5-13(19(21)22)6-11(2)16(10)18-17(20)12-7-14(23-3)9-15(8-12)24-4/h5-9H,1-4H3,(H,18,20). The Morgan fingerprint density at radius 2 is 1.50 bits per heavy atom. The number of nitrogens with zero attached hydrogens (tertiary/aromatic N) is 1. The van der Waals surface area contributed by atoms with Crippen molar-refractivity contribution < 1.29 is 19.2 Å². The largest absolute Gasteiger partial charge is 0.497 e. The lowest BCUT2D eigenvalue weighted by atomic mass is 10.1. The van der Waals surface area contributed by atoms with Crippen molar-refractivity contribution in [2.24, 2.45) is 0 Å². The van der Waals surface area contributed by atoms with Crippen LogP contribution < -0.4 is 14.8 Å². The van der Waals surface area contributed by atoms with E-state index in [1.807, 2.05) is 0 Å². The lowest BCUT2D eigenvalue weighted by Gasteiger charge is -2.13. The van der Waals surface area contributed by atoms with E-state index in [0.717, 1.165) is 0 Å². The highest BCUT2D eigenvalue weighted by Gasteiger charge is 2.16. The van der Waals surface area contributed by atoms with Crippen molar-refractivity contribution in [1.29, 1.82) is 0 Å². The van der Waals surface area contributed by atoms with Gasteiger partial charge in [-0.3, -0.25) is 14.9 Å². The molecule has 0 aliphatic rings. The van der Waals surface area contributed by atoms with Gasteiger partial charge in [0.25, 0.3) is 11.6 Å². The van der Waals surface area contributed by atoms with Crippen LogP contribution in [-0.4, -0.2) is 25.1 Å². The van der Waals surface area contributed by atoms with Gasteiger partial charge in [-0.25, -0.2) is 0 Å². The van der Waals surface area contributed by atoms with Gasteiger partial charge < -0.3 is 14.8 Å². The van der Waals surface area contributed by atoms with E-state index in [2.05, 4.69) is 5.32 Å². The van der Waals surface area contributed by atoms with Gasteiger partial charge in [-0.15, -0.1) is 0 Å². The van der Waals surface area contributed by atoms with Crippen LogP contribution in [0.15, 0.2) is 30.3 Å². The van der Waals surface area contributed by atoms with E-state index in [4.69, 9.17) is 9.47 Å². The zero-order valence-electron chi connectivity index (χ0n) is 13.9. The van der Waals surface area contributed by atoms with Gasteiger partial charge in [0.05, 0.1) is 19.1 Å². The fourth-order valence-electron chi connectivity index (χ4n) is 2.37. The van der Waals surface area contributed by atoms with Crippen LogP contribution in [0.5, 0.6) is 11.5 Å². The third-order valence-electron chi connectivity index (χ3n) is 3.58. The first-order valence-corrected chi connectivity index (χ1v) is 7.15. The van der Waals surface area contributed by atoms with Crippen molar-refractivity contribution in [3.63, 3.8) is 0 Å². The van der Waals surface area contributed by atoms with Gasteiger partial charge in [-0.05, 0) is 37.1 Å². The van der Waals surface area contributed by atoms with E-state index in [1.165, 1.54) is 26.4 Å². The number of methoxy groups -OCH3 is 2. The number of hydrogen-bond donors (Lipinski definition) is 1. The number of nitro groups is 1. The Hall–Kier alpha value is -3.09. The van der Waals surface area contributed by atoms with Crippen LogP contribution in [0.4, 0.5) is 11.4 Å². The summed E-state index contributed by atoms with van der Waals surface area (Å²) in [5.74, 6) is 0.639. The molecule has 0 unspecified atom stereocenters. The predicted molar refractivity (Wildman–Crippen MR) is 90.1 cm³/mol. The molecule has 0 fully saturated rings. The normalized spacial score (nSPS) is 10.2. The van der Waals surface area contributed by atoms with Gasteiger partial charge in [-0.2, -0.15) is 0 Å². The van der Waals surface area contributed by atoms with E-state index in [-0.39, 0.29) is 11.6 Å². The van der Waals surface area contributed by atoms with Gasteiger partial charge in [-0.1, -0.05) is 0 Å². The molecule has 1 amide bonds. The first-order chi connectivity index (χ1) is 11.3. The van der Waals surface area contributed by atoms with Crippen molar-refractivity contribution in [2.75, 3.05) is 19.5 Å². The minimum absolute atomic E-state index is 0.00829. The number of anilines is 1. The highest BCUT2D eigenvalue weighted by Crippen LogP contribution is 2.28. The van der Waals surface area contributed by atoms with Crippen LogP contribution in [0.2, 0.25) is 0 Å². The van der Waals surface area contributed by atoms with Crippen molar-refractivity contribution in [3.8, 4) is 11.5 Å². The molecule has 0 heterocycles. The number of ether oxygens (including phenoxy) is 2. The maximum absolute atomic E-state index is 12.5. The number of aryl methyl sites for hydroxylation is 2. The van der Waals surface area contributed by atoms with Crippen LogP contribution >= 0.6 is 0 Å². The van der Waals surface area contributed by atoms with Gasteiger partial charge in [0.1, 0.15) is 11.5 Å². The predicted octanol–water partition coefficient (Wildman–Crippen LogP) is 3.48. The van der Waals surface area contributed by atoms with Crippen molar-refractivity contribution in [1.82, 2.24) is 0 Å². The second kappa shape index (κ2) is 6.99. The van der Waals surface area contributed by atoms with Crippen LogP contribution in [0.1, 0.15) is 21.5 Å². The first-order valence-electron chi connectivity index (χ1n) is 7.15. The Bertz CT molecular complexity index is 756. The minimum Gasteiger partial charge on any atom is -0.497 e. The fourth-order valence-corrected chi connectivity index (χ4v) is 2.37. The minimum atomic E-state index is -0.460. The molecule has 0 radical (unpaired) electrons. The van der Waals surface area contributed by atoms with Crippen molar-refractivity contribution in [2.45, 2.75) is 13.8 Å². The number of nitro benzene ring substituents is 1. The molecule has 0 atom stereocenters. The van der Waals surface area contributed by atoms with Crippen LogP contribution in [0, 0.1) is 24.0 Å². The molecule has 0 aliphatic carbocycles. The summed E-state index contributed by atoms with van der Waals surface area (Å²) in [7, 11) is 3.00.